The molecule has 6 aliphatic rings. The fraction of sp³-hybridized carbons (Fsp3) is 0.759. The summed E-state index contributed by atoms with van der Waals surface area (Å²) in [6.07, 6.45) is 33.7. The Bertz CT molecular complexity index is 1920. The van der Waals surface area contributed by atoms with E-state index in [2.05, 4.69) is 13.8 Å². The van der Waals surface area contributed by atoms with E-state index >= 15 is 0 Å². The molecule has 4 bridgehead atoms. The molecular formula is C58H88N2O10. The summed E-state index contributed by atoms with van der Waals surface area (Å²) in [6.45, 7) is 12.7. The van der Waals surface area contributed by atoms with E-state index in [0.717, 1.165) is 64.6 Å². The molecule has 8 rings (SSSR count). The number of benzene rings is 2. The molecule has 0 unspecified atom stereocenters. The standard InChI is InChI=1S/C58H88N2O10/c1-7-9-11-13-15-17-19-21-23-25-39-67-57-33-27-55(28-34-57,29-35-57)53(61)69-47-41-43(3)49(45(5)51(47)59(63)64)50-44(4)42-48(52(46(50)6)60(65)66)70-54(62)56-30-36-58(37-31-56,38-32-56)68-40-26-24-22-20-18-16-14-12-10-8-2/h41-42H,7-40H2,1-6H3. The highest BCUT2D eigenvalue weighted by atomic mass is 16.6. The summed E-state index contributed by atoms with van der Waals surface area (Å²) < 4.78 is 25.2. The lowest BCUT2D eigenvalue weighted by Crippen LogP contribution is -2.52. The van der Waals surface area contributed by atoms with Gasteiger partial charge in [-0.25, -0.2) is 0 Å². The van der Waals surface area contributed by atoms with Gasteiger partial charge in [0.1, 0.15) is 0 Å². The highest BCUT2D eigenvalue weighted by molar-refractivity contribution is 5.88. The van der Waals surface area contributed by atoms with Gasteiger partial charge in [-0.2, -0.15) is 0 Å². The second-order valence-corrected chi connectivity index (χ2v) is 22.4. The fourth-order valence-electron chi connectivity index (χ4n) is 12.8. The van der Waals surface area contributed by atoms with Gasteiger partial charge in [-0.3, -0.25) is 29.8 Å². The monoisotopic (exact) mass is 973 g/mol. The maximum absolute atomic E-state index is 14.1. The topological polar surface area (TPSA) is 157 Å². The van der Waals surface area contributed by atoms with Gasteiger partial charge in [0.2, 0.25) is 11.5 Å². The largest absolute Gasteiger partial charge is 0.419 e. The zero-order chi connectivity index (χ0) is 50.4. The Balaban J connectivity index is 1.05. The van der Waals surface area contributed by atoms with Gasteiger partial charge in [-0.15, -0.1) is 0 Å². The lowest BCUT2D eigenvalue weighted by molar-refractivity contribution is -0.386. The number of esters is 2. The van der Waals surface area contributed by atoms with Crippen molar-refractivity contribution in [3.8, 4) is 22.6 Å². The molecule has 12 heteroatoms. The van der Waals surface area contributed by atoms with E-state index in [1.165, 1.54) is 128 Å². The molecule has 0 saturated heterocycles. The van der Waals surface area contributed by atoms with Gasteiger partial charge in [-0.1, -0.05) is 129 Å². The van der Waals surface area contributed by atoms with E-state index in [-0.39, 0.29) is 45.2 Å². The van der Waals surface area contributed by atoms with Crippen LogP contribution in [-0.4, -0.2) is 46.2 Å². The lowest BCUT2D eigenvalue weighted by Gasteiger charge is -2.51. The molecule has 0 aromatic heterocycles. The zero-order valence-corrected chi connectivity index (χ0v) is 44.2. The molecule has 0 radical (unpaired) electrons. The summed E-state index contributed by atoms with van der Waals surface area (Å²) in [5.41, 5.74) is -0.0491. The number of ether oxygens (including phenoxy) is 4. The van der Waals surface area contributed by atoms with E-state index in [0.29, 0.717) is 60.8 Å². The average molecular weight is 973 g/mol. The Morgan fingerprint density at radius 2 is 0.729 bits per heavy atom. The van der Waals surface area contributed by atoms with Crippen LogP contribution in [0.25, 0.3) is 11.1 Å². The van der Waals surface area contributed by atoms with Crippen LogP contribution in [0.5, 0.6) is 11.5 Å². The molecule has 0 amide bonds. The van der Waals surface area contributed by atoms with Crippen LogP contribution in [0.3, 0.4) is 0 Å². The molecule has 70 heavy (non-hydrogen) atoms. The van der Waals surface area contributed by atoms with Gasteiger partial charge >= 0.3 is 23.3 Å². The predicted octanol–water partition coefficient (Wildman–Crippen LogP) is 16.3. The number of hydrogen-bond donors (Lipinski definition) is 0. The zero-order valence-electron chi connectivity index (χ0n) is 44.2. The molecule has 2 aromatic carbocycles. The number of unbranched alkanes of at least 4 members (excludes halogenated alkanes) is 18. The van der Waals surface area contributed by atoms with Crippen molar-refractivity contribution in [2.75, 3.05) is 13.2 Å². The van der Waals surface area contributed by atoms with E-state index in [1.54, 1.807) is 27.7 Å². The van der Waals surface area contributed by atoms with Crippen LogP contribution >= 0.6 is 0 Å². The third-order valence-corrected chi connectivity index (χ3v) is 17.5. The van der Waals surface area contributed by atoms with Crippen molar-refractivity contribution in [2.24, 2.45) is 10.8 Å². The van der Waals surface area contributed by atoms with Crippen LogP contribution in [0.15, 0.2) is 12.1 Å². The minimum atomic E-state index is -0.727. The van der Waals surface area contributed by atoms with E-state index in [1.807, 2.05) is 0 Å². The number of fused-ring (bicyclic) bond motifs is 6. The molecule has 0 spiro atoms. The first kappa shape index (κ1) is 55.4. The van der Waals surface area contributed by atoms with Crippen molar-refractivity contribution in [3.05, 3.63) is 54.6 Å². The number of carbonyl (C=O) groups is 2. The Kier molecular flexibility index (Phi) is 20.3. The minimum Gasteiger partial charge on any atom is -0.419 e. The fourth-order valence-corrected chi connectivity index (χ4v) is 12.8. The van der Waals surface area contributed by atoms with Crippen molar-refractivity contribution in [1.82, 2.24) is 0 Å². The third kappa shape index (κ3) is 13.4. The molecule has 0 heterocycles. The number of rotatable bonds is 31. The quantitative estimate of drug-likeness (QED) is 0.0234. The number of nitro benzene ring substituents is 2. The number of aryl methyl sites for hydroxylation is 2. The van der Waals surface area contributed by atoms with Gasteiger partial charge in [0.25, 0.3) is 0 Å². The van der Waals surface area contributed by atoms with Gasteiger partial charge < -0.3 is 18.9 Å². The minimum absolute atomic E-state index is 0.120. The van der Waals surface area contributed by atoms with E-state index < -0.39 is 32.6 Å². The highest BCUT2D eigenvalue weighted by Gasteiger charge is 2.56. The molecule has 12 nitrogen and oxygen atoms in total. The molecular weight excluding hydrogens is 885 g/mol. The first-order chi connectivity index (χ1) is 33.6. The predicted molar refractivity (Wildman–Crippen MR) is 277 cm³/mol. The second kappa shape index (κ2) is 25.7. The highest BCUT2D eigenvalue weighted by Crippen LogP contribution is 2.57. The Labute approximate surface area is 419 Å². The van der Waals surface area contributed by atoms with Crippen LogP contribution in [0.2, 0.25) is 0 Å². The van der Waals surface area contributed by atoms with Crippen LogP contribution in [-0.2, 0) is 19.1 Å². The third-order valence-electron chi connectivity index (χ3n) is 17.5. The van der Waals surface area contributed by atoms with Crippen molar-refractivity contribution >= 4 is 23.3 Å². The Morgan fingerprint density at radius 3 is 1.00 bits per heavy atom. The maximum atomic E-state index is 14.1. The van der Waals surface area contributed by atoms with E-state index in [9.17, 15) is 29.8 Å². The van der Waals surface area contributed by atoms with Gasteiger partial charge in [-0.05, 0) is 152 Å². The van der Waals surface area contributed by atoms with Crippen LogP contribution in [0.1, 0.15) is 242 Å². The molecule has 0 atom stereocenters. The summed E-state index contributed by atoms with van der Waals surface area (Å²) in [5, 5.41) is 25.7. The van der Waals surface area contributed by atoms with Crippen molar-refractivity contribution in [3.63, 3.8) is 0 Å². The summed E-state index contributed by atoms with van der Waals surface area (Å²) in [6, 6.07) is 3.04. The molecule has 390 valence electrons. The Morgan fingerprint density at radius 1 is 0.457 bits per heavy atom. The summed E-state index contributed by atoms with van der Waals surface area (Å²) in [5.74, 6) is -1.13. The maximum Gasteiger partial charge on any atom is 0.317 e. The van der Waals surface area contributed by atoms with Gasteiger partial charge in [0.15, 0.2) is 0 Å². The Hall–Kier alpha value is -3.90. The van der Waals surface area contributed by atoms with Crippen LogP contribution in [0.4, 0.5) is 11.4 Å². The summed E-state index contributed by atoms with van der Waals surface area (Å²) in [7, 11) is 0. The molecule has 0 N–H and O–H groups in total. The van der Waals surface area contributed by atoms with Crippen molar-refractivity contribution in [2.45, 2.75) is 258 Å². The second-order valence-electron chi connectivity index (χ2n) is 22.4. The SMILES string of the molecule is CCCCCCCCCCCCOC12CCC(C(=O)Oc3cc(C)c(-c4c(C)cc(OC(=O)C56CCC(OCCCCCCCCCCCC)(CC5)CC6)c([N+](=O)[O-])c4C)c(C)c3[N+](=O)[O-])(CC1)CC2. The van der Waals surface area contributed by atoms with Crippen molar-refractivity contribution in [1.29, 1.82) is 0 Å². The van der Waals surface area contributed by atoms with Gasteiger partial charge in [0, 0.05) is 24.3 Å². The van der Waals surface area contributed by atoms with E-state index in [4.69, 9.17) is 18.9 Å². The first-order valence-electron chi connectivity index (χ1n) is 27.9. The van der Waals surface area contributed by atoms with Gasteiger partial charge in [0.05, 0.1) is 31.9 Å². The first-order valence-corrected chi connectivity index (χ1v) is 27.9. The molecule has 6 aliphatic carbocycles. The van der Waals surface area contributed by atoms with Crippen molar-refractivity contribution < 1.29 is 38.4 Å². The normalized spacial score (nSPS) is 23.7. The number of carbonyl (C=O) groups excluding carboxylic acids is 2. The lowest BCUT2D eigenvalue weighted by atomic mass is 9.58. The van der Waals surface area contributed by atoms with Crippen LogP contribution in [0, 0.1) is 58.8 Å². The molecule has 0 aliphatic heterocycles. The average Bonchev–Trinajstić information content (AvgIpc) is 3.34. The summed E-state index contributed by atoms with van der Waals surface area (Å²) in [4.78, 5) is 52.9. The number of hydrogen-bond acceptors (Lipinski definition) is 10. The molecule has 6 fully saturated rings. The molecule has 2 aromatic rings. The number of nitrogens with zero attached hydrogens (tertiary/aromatic N) is 2. The summed E-state index contributed by atoms with van der Waals surface area (Å²) >= 11 is 0. The number of nitro groups is 2. The molecule has 6 saturated carbocycles. The smallest absolute Gasteiger partial charge is 0.317 e. The van der Waals surface area contributed by atoms with Crippen LogP contribution < -0.4 is 9.47 Å².